The number of nitrogens with one attached hydrogen (secondary N) is 13. The van der Waals surface area contributed by atoms with Crippen molar-refractivity contribution < 1.29 is 86.6 Å². The Kier molecular flexibility index (Phi) is 43.1. The minimum atomic E-state index is -1.79. The summed E-state index contributed by atoms with van der Waals surface area (Å²) in [5, 5.41) is 46.1. The van der Waals surface area contributed by atoms with Gasteiger partial charge in [0.25, 0.3) is 0 Å². The maximum atomic E-state index is 15.7. The van der Waals surface area contributed by atoms with E-state index in [0.717, 1.165) is 36.9 Å². The minimum Gasteiger partial charge on any atom is -0.394 e. The van der Waals surface area contributed by atoms with Crippen molar-refractivity contribution in [2.45, 2.75) is 231 Å². The largest absolute Gasteiger partial charge is 0.394 e. The first-order valence-corrected chi connectivity index (χ1v) is 45.0. The number of unbranched alkanes of at least 4 members (excludes halogenated alkanes) is 2. The van der Waals surface area contributed by atoms with Gasteiger partial charge in [0.15, 0.2) is 11.7 Å². The number of primary amides is 2. The molecule has 16 amide bonds. The number of hydrogen-bond donors (Lipinski definition) is 17. The third-order valence-electron chi connectivity index (χ3n) is 22.8. The lowest BCUT2D eigenvalue weighted by Crippen LogP contribution is -2.61. The molecule has 20 N–H and O–H groups in total. The molecule has 0 unspecified atom stereocenters. The van der Waals surface area contributed by atoms with Gasteiger partial charge >= 0.3 is 0 Å². The lowest BCUT2D eigenvalue weighted by atomic mass is 9.92. The summed E-state index contributed by atoms with van der Waals surface area (Å²) in [5.74, 6) is -17.8. The van der Waals surface area contributed by atoms with Crippen LogP contribution in [0.1, 0.15) is 153 Å². The number of carbonyl (C=O) groups is 17. The number of amides is 16. The molecule has 7 rings (SSSR count). The molecule has 4 heterocycles. The third kappa shape index (κ3) is 32.7. The number of aryl methyl sites for hydroxylation is 1. The van der Waals surface area contributed by atoms with Gasteiger partial charge in [0.05, 0.1) is 38.2 Å². The quantitative estimate of drug-likeness (QED) is 0.0187. The topological polar surface area (TPSA) is 593 Å². The highest BCUT2D eigenvalue weighted by Crippen LogP contribution is 2.26. The van der Waals surface area contributed by atoms with E-state index in [9.17, 15) is 67.4 Å². The molecule has 0 radical (unpaired) electrons. The first-order chi connectivity index (χ1) is 61.8. The summed E-state index contributed by atoms with van der Waals surface area (Å²) >= 11 is 0.798. The van der Waals surface area contributed by atoms with Crippen molar-refractivity contribution in [3.8, 4) is 0 Å². The second-order valence-corrected chi connectivity index (χ2v) is 34.6. The fourth-order valence-electron chi connectivity index (χ4n) is 15.6. The van der Waals surface area contributed by atoms with Gasteiger partial charge in [-0.1, -0.05) is 139 Å². The molecule has 716 valence electrons. The number of aromatic amines is 2. The van der Waals surface area contributed by atoms with Crippen LogP contribution in [0, 0.1) is 24.2 Å². The number of benzene rings is 3. The summed E-state index contributed by atoms with van der Waals surface area (Å²) in [7, 11) is 5.31. The number of nitrogens with zero attached hydrogens (tertiary/aromatic N) is 6. The van der Waals surface area contributed by atoms with Crippen molar-refractivity contribution in [1.29, 1.82) is 5.41 Å². The number of hydrogen-bond acceptors (Lipinski definition) is 21. The second kappa shape index (κ2) is 52.7. The number of fused-ring (bicyclic) bond motifs is 2. The number of thioether (sulfide) groups is 1. The molecule has 2 aliphatic rings. The van der Waals surface area contributed by atoms with Crippen molar-refractivity contribution in [3.63, 3.8) is 0 Å². The Labute approximate surface area is 767 Å². The van der Waals surface area contributed by atoms with Crippen LogP contribution in [0.15, 0.2) is 97.6 Å². The van der Waals surface area contributed by atoms with Crippen molar-refractivity contribution >= 4 is 129 Å². The van der Waals surface area contributed by atoms with Gasteiger partial charge in [-0.25, -0.2) is 4.98 Å². The highest BCUT2D eigenvalue weighted by atomic mass is 32.2. The first kappa shape index (κ1) is 107. The van der Waals surface area contributed by atoms with Gasteiger partial charge in [-0.05, 0) is 93.9 Å². The number of guanidine groups is 1. The Morgan fingerprint density at radius 1 is 0.595 bits per heavy atom. The number of imidazole rings is 1. The number of H-pyrrole nitrogens is 2. The lowest BCUT2D eigenvalue weighted by molar-refractivity contribution is -0.149. The molecule has 2 saturated heterocycles. The molecular formula is C90H132N22O18S. The number of aromatic nitrogens is 3. The summed E-state index contributed by atoms with van der Waals surface area (Å²) < 4.78 is 0. The van der Waals surface area contributed by atoms with Crippen molar-refractivity contribution in [1.82, 2.24) is 92.6 Å². The minimum absolute atomic E-state index is 0. The van der Waals surface area contributed by atoms with Crippen LogP contribution < -0.4 is 70.4 Å². The van der Waals surface area contributed by atoms with Gasteiger partial charge in [-0.2, -0.15) is 0 Å². The van der Waals surface area contributed by atoms with E-state index in [1.165, 1.54) is 52.5 Å². The Morgan fingerprint density at radius 2 is 1.21 bits per heavy atom. The fourth-order valence-corrected chi connectivity index (χ4v) is 16.5. The van der Waals surface area contributed by atoms with E-state index in [-0.39, 0.29) is 97.1 Å². The molecule has 40 nitrogen and oxygen atoms in total. The number of aliphatic hydroxyl groups is 1. The van der Waals surface area contributed by atoms with Crippen LogP contribution in [-0.4, -0.2) is 296 Å². The Morgan fingerprint density at radius 3 is 1.85 bits per heavy atom. The molecule has 0 bridgehead atoms. The van der Waals surface area contributed by atoms with Gasteiger partial charge in [0.1, 0.15) is 72.5 Å². The number of Topliss-reactive ketones (excluding diaryl/α,β-unsaturated/α-hetero) is 1. The average Bonchev–Trinajstić information content (AvgIpc) is 1.80. The molecule has 2 aromatic heterocycles. The normalized spacial score (nSPS) is 23.5. The third-order valence-corrected chi connectivity index (χ3v) is 23.9. The summed E-state index contributed by atoms with van der Waals surface area (Å²) in [6.07, 6.45) is 4.17. The van der Waals surface area contributed by atoms with E-state index in [0.29, 0.717) is 59.0 Å². The Balaban J connectivity index is 0.0000264. The number of nitrogens with two attached hydrogens (primary N) is 3. The van der Waals surface area contributed by atoms with Crippen LogP contribution in [0.3, 0.4) is 0 Å². The number of ketones is 1. The van der Waals surface area contributed by atoms with E-state index in [4.69, 9.17) is 22.6 Å². The molecule has 3 aromatic carbocycles. The Hall–Kier alpha value is -12.8. The zero-order chi connectivity index (χ0) is 95.6. The summed E-state index contributed by atoms with van der Waals surface area (Å²) in [6, 6.07) is 4.72. The van der Waals surface area contributed by atoms with Crippen LogP contribution in [-0.2, 0) is 107 Å². The van der Waals surface area contributed by atoms with Gasteiger partial charge in [-0.15, -0.1) is 11.8 Å². The van der Waals surface area contributed by atoms with Crippen molar-refractivity contribution in [2.24, 2.45) is 29.0 Å². The zero-order valence-electron chi connectivity index (χ0n) is 75.5. The molecule has 0 saturated carbocycles. The molecule has 131 heavy (non-hydrogen) atoms. The maximum absolute atomic E-state index is 15.7. The average molecular weight is 1840 g/mol. The molecular weight excluding hydrogens is 1710 g/mol. The SMILES string of the molecule is C.CCCC[C@H]1C(=O)N(C)[C@@H](CCCC)C(=O)N[C@@H](CCCNC(=N)N)C(=O)N[C@H](C(=O)NCC(N)=O)CSCC(=O)N[C@@H](Cc2ccccc2)C(=O)N(C)[C@@H](C)C(=O)N[C@@H](CC(N)=O)C(=O)N2CCC[C@H]2C(=O)N[C@@H](Cc2cnc[nH]2)C(=O)N[C@@H](CC(C)C)C(=O)N(C)CC(=O)C[C@@H](Cc2cccc(C)c2)C(=O)N[C@@H](CO)C(=O)N[C@@H](Cc2c[nH]c3ccccc23)C(=O)N1C. The number of rotatable bonds is 26. The summed E-state index contributed by atoms with van der Waals surface area (Å²) in [6.45, 7) is 7.96. The molecule has 2 aliphatic heterocycles. The monoisotopic (exact) mass is 1840 g/mol. The van der Waals surface area contributed by atoms with E-state index in [2.05, 4.69) is 68.1 Å². The molecule has 0 aliphatic carbocycles. The molecule has 2 fully saturated rings. The van der Waals surface area contributed by atoms with E-state index < -0.39 is 229 Å². The summed E-state index contributed by atoms with van der Waals surface area (Å²) in [4.78, 5) is 264. The predicted molar refractivity (Wildman–Crippen MR) is 490 cm³/mol. The lowest BCUT2D eigenvalue weighted by Gasteiger charge is -2.36. The van der Waals surface area contributed by atoms with Crippen LogP contribution in [0.2, 0.25) is 0 Å². The van der Waals surface area contributed by atoms with Crippen LogP contribution in [0.25, 0.3) is 10.9 Å². The molecule has 5 aromatic rings. The Bertz CT molecular complexity index is 4780. The zero-order valence-corrected chi connectivity index (χ0v) is 76.3. The molecule has 41 heteroatoms. The fraction of sp³-hybridized carbons (Fsp3) is 0.544. The van der Waals surface area contributed by atoms with Crippen LogP contribution in [0.5, 0.6) is 0 Å². The number of likely N-dealkylation sites (N-methyl/N-ethyl adjacent to an activating group) is 4. The van der Waals surface area contributed by atoms with E-state index in [1.54, 1.807) is 92.8 Å². The highest BCUT2D eigenvalue weighted by molar-refractivity contribution is 8.00. The van der Waals surface area contributed by atoms with Gasteiger partial charge in [-0.3, -0.25) is 86.9 Å². The van der Waals surface area contributed by atoms with Crippen LogP contribution in [0.4, 0.5) is 0 Å². The van der Waals surface area contributed by atoms with E-state index in [1.807, 2.05) is 26.8 Å². The van der Waals surface area contributed by atoms with Gasteiger partial charge in [0.2, 0.25) is 94.5 Å². The maximum Gasteiger partial charge on any atom is 0.246 e. The summed E-state index contributed by atoms with van der Waals surface area (Å²) in [5.41, 5.74) is 20.3. The number of para-hydroxylation sites is 1. The smallest absolute Gasteiger partial charge is 0.246 e. The first-order valence-electron chi connectivity index (χ1n) is 43.8. The standard InChI is InChI=1S/C89H128N22O18S.CH4/c1-11-13-30-70-82(123)100-62(29-21-33-95-89(92)93)79(120)106-69(78(119)97-45-74(91)115)48-130-49-75(116)99-65(38-54-24-16-15-17-25-54)85(126)108(8)53(6)76(117)102-67(42-73(90)114)87(128)111-34-22-32-71(111)83(124)101-63(41-58-44-94-50-98-58)80(121)103-64(35-51(3)4)84(125)107(7)46-59(113)39-56(37-55-26-20-23-52(5)36-55)77(118)105-68(47-112)81(122)104-66(40-57-43-96-61-28-19-18-27-60(57)61)86(127)110(10)72(31-14-12-2)88(129)109(70)9;/h15-20,23-28,36,43-44,50-51,53,56,62-72,96,112H,11-14,21-22,29-35,37-42,45-49H2,1-10H3,(H2,90,114)(H2,91,115)(H,94,98)(H,97,119)(H,99,116)(H,100,123)(H,101,124)(H,102,117)(H,103,121)(H,104,122)(H,105,118)(H,106,120)(H4,92,93,95);1H4/t53-,56+,62-,63-,64-,65-,66-,67-,68-,69-,70-,71-,72-;/m0./s1. The number of carbonyl (C=O) groups excluding carboxylic acids is 17. The molecule has 0 spiro atoms. The van der Waals surface area contributed by atoms with E-state index >= 15 is 19.2 Å². The predicted octanol–water partition coefficient (Wildman–Crippen LogP) is -0.584. The van der Waals surface area contributed by atoms with Crippen LogP contribution >= 0.6 is 11.8 Å². The number of aliphatic hydroxyl groups excluding tert-OH is 1. The second-order valence-electron chi connectivity index (χ2n) is 33.6. The van der Waals surface area contributed by atoms with Gasteiger partial charge < -0.3 is 110 Å². The molecule has 13 atom stereocenters. The van der Waals surface area contributed by atoms with Crippen molar-refractivity contribution in [3.05, 3.63) is 126 Å². The highest BCUT2D eigenvalue weighted by Gasteiger charge is 2.44. The van der Waals surface area contributed by atoms with Crippen molar-refractivity contribution in [2.75, 3.05) is 72.5 Å². The van der Waals surface area contributed by atoms with Gasteiger partial charge in [0, 0.05) is 108 Å².